The van der Waals surface area contributed by atoms with Crippen LogP contribution in [0.5, 0.6) is 11.5 Å². The van der Waals surface area contributed by atoms with Gasteiger partial charge in [-0.1, -0.05) is 17.3 Å². The molecule has 0 fully saturated rings. The van der Waals surface area contributed by atoms with E-state index in [1.807, 2.05) is 0 Å². The molecule has 1 aromatic carbocycles. The Kier molecular flexibility index (Phi) is 4.62. The molecular formula is C18H12F3N3O4. The highest BCUT2D eigenvalue weighted by atomic mass is 19.4. The Morgan fingerprint density at radius 2 is 1.79 bits per heavy atom. The molecule has 3 heterocycles. The highest BCUT2D eigenvalue weighted by Gasteiger charge is 2.31. The second-order valence-electron chi connectivity index (χ2n) is 5.68. The van der Waals surface area contributed by atoms with Crippen molar-refractivity contribution >= 4 is 0 Å². The Labute approximate surface area is 156 Å². The van der Waals surface area contributed by atoms with Crippen LogP contribution in [0, 0.1) is 0 Å². The summed E-state index contributed by atoms with van der Waals surface area (Å²) in [6.45, 7) is 0. The van der Waals surface area contributed by atoms with Gasteiger partial charge in [0.1, 0.15) is 23.9 Å². The Morgan fingerprint density at radius 1 is 1.00 bits per heavy atom. The zero-order chi connectivity index (χ0) is 19.6. The van der Waals surface area contributed by atoms with Gasteiger partial charge in [0.15, 0.2) is 0 Å². The van der Waals surface area contributed by atoms with E-state index in [2.05, 4.69) is 20.4 Å². The third kappa shape index (κ3) is 4.23. The first-order valence-electron chi connectivity index (χ1n) is 7.99. The summed E-state index contributed by atoms with van der Waals surface area (Å²) < 4.78 is 50.9. The van der Waals surface area contributed by atoms with E-state index in [4.69, 9.17) is 14.1 Å². The summed E-state index contributed by atoms with van der Waals surface area (Å²) in [6, 6.07) is 8.84. The Balaban J connectivity index is 1.40. The lowest BCUT2D eigenvalue weighted by molar-refractivity contribution is -0.274. The average molecular weight is 391 g/mol. The van der Waals surface area contributed by atoms with Crippen molar-refractivity contribution in [3.8, 4) is 22.8 Å². The van der Waals surface area contributed by atoms with Gasteiger partial charge in [-0.05, 0) is 29.8 Å². The number of hydroxylamine groups is 1. The van der Waals surface area contributed by atoms with Gasteiger partial charge in [-0.2, -0.15) is 0 Å². The first-order valence-corrected chi connectivity index (χ1v) is 7.99. The lowest BCUT2D eigenvalue weighted by Gasteiger charge is -2.11. The first kappa shape index (κ1) is 17.9. The van der Waals surface area contributed by atoms with Crippen molar-refractivity contribution < 1.29 is 32.0 Å². The maximum atomic E-state index is 12.2. The molecule has 4 rings (SSSR count). The number of pyridine rings is 1. The third-order valence-corrected chi connectivity index (χ3v) is 3.72. The van der Waals surface area contributed by atoms with Crippen LogP contribution in [0.3, 0.4) is 0 Å². The molecule has 0 saturated heterocycles. The normalized spacial score (nSPS) is 16.4. The van der Waals surface area contributed by atoms with E-state index in [9.17, 15) is 13.2 Å². The van der Waals surface area contributed by atoms with E-state index in [1.165, 1.54) is 36.7 Å². The van der Waals surface area contributed by atoms with Crippen molar-refractivity contribution in [1.29, 1.82) is 0 Å². The van der Waals surface area contributed by atoms with E-state index in [0.29, 0.717) is 22.9 Å². The molecule has 144 valence electrons. The lowest BCUT2D eigenvalue weighted by atomic mass is 10.1. The van der Waals surface area contributed by atoms with Crippen LogP contribution in [0.15, 0.2) is 71.5 Å². The molecule has 1 aliphatic heterocycles. The minimum absolute atomic E-state index is 0.304. The molecule has 1 unspecified atom stereocenters. The molecule has 1 aliphatic rings. The number of nitrogens with zero attached hydrogens (tertiary/aromatic N) is 2. The summed E-state index contributed by atoms with van der Waals surface area (Å²) in [7, 11) is 0. The summed E-state index contributed by atoms with van der Waals surface area (Å²) in [5, 5.41) is 3.62. The Morgan fingerprint density at radius 3 is 2.43 bits per heavy atom. The SMILES string of the molecule is FC(F)(F)Oc1ccc(C2C=C(Oc3ccc(-c4cnoc4)nc3)NO2)cc1. The van der Waals surface area contributed by atoms with Crippen LogP contribution >= 0.6 is 0 Å². The number of nitrogens with one attached hydrogen (secondary N) is 1. The average Bonchev–Trinajstić information content (AvgIpc) is 3.34. The van der Waals surface area contributed by atoms with Gasteiger partial charge in [0.25, 0.3) is 0 Å². The van der Waals surface area contributed by atoms with Gasteiger partial charge >= 0.3 is 6.36 Å². The van der Waals surface area contributed by atoms with Gasteiger partial charge in [0, 0.05) is 6.08 Å². The van der Waals surface area contributed by atoms with Crippen molar-refractivity contribution in [2.75, 3.05) is 0 Å². The fourth-order valence-electron chi connectivity index (χ4n) is 2.48. The van der Waals surface area contributed by atoms with Gasteiger partial charge in [0.2, 0.25) is 5.88 Å². The number of benzene rings is 1. The molecule has 10 heteroatoms. The number of rotatable bonds is 5. The second-order valence-corrected chi connectivity index (χ2v) is 5.68. The van der Waals surface area contributed by atoms with Gasteiger partial charge < -0.3 is 14.0 Å². The molecule has 7 nitrogen and oxygen atoms in total. The molecule has 0 bridgehead atoms. The quantitative estimate of drug-likeness (QED) is 0.701. The van der Waals surface area contributed by atoms with Crippen LogP contribution in [0.2, 0.25) is 0 Å². The van der Waals surface area contributed by atoms with Crippen LogP contribution in [0.4, 0.5) is 13.2 Å². The summed E-state index contributed by atoms with van der Waals surface area (Å²) >= 11 is 0. The molecule has 1 N–H and O–H groups in total. The van der Waals surface area contributed by atoms with Gasteiger partial charge in [0.05, 0.1) is 23.7 Å². The summed E-state index contributed by atoms with van der Waals surface area (Å²) in [4.78, 5) is 9.63. The van der Waals surface area contributed by atoms with E-state index < -0.39 is 12.5 Å². The summed E-state index contributed by atoms with van der Waals surface area (Å²) in [5.74, 6) is 0.499. The van der Waals surface area contributed by atoms with Crippen LogP contribution in [-0.4, -0.2) is 16.5 Å². The fourth-order valence-corrected chi connectivity index (χ4v) is 2.48. The minimum atomic E-state index is -4.73. The van der Waals surface area contributed by atoms with E-state index in [0.717, 1.165) is 5.56 Å². The maximum Gasteiger partial charge on any atom is 0.573 e. The third-order valence-electron chi connectivity index (χ3n) is 3.72. The van der Waals surface area contributed by atoms with Crippen molar-refractivity contribution in [3.05, 3.63) is 72.6 Å². The number of hydrogen-bond donors (Lipinski definition) is 1. The maximum absolute atomic E-state index is 12.2. The highest BCUT2D eigenvalue weighted by molar-refractivity contribution is 5.56. The summed E-state index contributed by atoms with van der Waals surface area (Å²) in [5.41, 5.74) is 4.67. The minimum Gasteiger partial charge on any atom is -0.438 e. The van der Waals surface area contributed by atoms with Crippen LogP contribution in [0.25, 0.3) is 11.3 Å². The Bertz CT molecular complexity index is 955. The van der Waals surface area contributed by atoms with Gasteiger partial charge in [-0.25, -0.2) is 5.48 Å². The lowest BCUT2D eigenvalue weighted by Crippen LogP contribution is -2.17. The highest BCUT2D eigenvalue weighted by Crippen LogP contribution is 2.29. The van der Waals surface area contributed by atoms with Crippen LogP contribution < -0.4 is 15.0 Å². The smallest absolute Gasteiger partial charge is 0.438 e. The van der Waals surface area contributed by atoms with Gasteiger partial charge in [-0.3, -0.25) is 9.82 Å². The Hall–Kier alpha value is -3.53. The fraction of sp³-hybridized carbons (Fsp3) is 0.111. The monoisotopic (exact) mass is 391 g/mol. The van der Waals surface area contributed by atoms with E-state index in [1.54, 1.807) is 24.4 Å². The zero-order valence-corrected chi connectivity index (χ0v) is 14.0. The molecule has 1 atom stereocenters. The topological polar surface area (TPSA) is 78.6 Å². The van der Waals surface area contributed by atoms with E-state index >= 15 is 0 Å². The number of ether oxygens (including phenoxy) is 2. The van der Waals surface area contributed by atoms with Crippen molar-refractivity contribution in [1.82, 2.24) is 15.6 Å². The zero-order valence-electron chi connectivity index (χ0n) is 14.0. The molecule has 3 aromatic rings. The number of halogens is 3. The molecule has 0 saturated carbocycles. The molecule has 0 spiro atoms. The standard InChI is InChI=1S/C18H12F3N3O4/c19-18(20,21)27-13-3-1-11(2-4-13)16-7-17(24-28-16)26-14-5-6-15(22-9-14)12-8-23-25-10-12/h1-10,16,24H. The predicted octanol–water partition coefficient (Wildman–Crippen LogP) is 4.13. The van der Waals surface area contributed by atoms with Crippen molar-refractivity contribution in [2.24, 2.45) is 0 Å². The largest absolute Gasteiger partial charge is 0.573 e. The predicted molar refractivity (Wildman–Crippen MR) is 88.5 cm³/mol. The second kappa shape index (κ2) is 7.24. The number of hydrogen-bond acceptors (Lipinski definition) is 7. The molecular weight excluding hydrogens is 379 g/mol. The molecule has 0 amide bonds. The van der Waals surface area contributed by atoms with Crippen LogP contribution in [-0.2, 0) is 4.84 Å². The first-order chi connectivity index (χ1) is 13.5. The van der Waals surface area contributed by atoms with Gasteiger partial charge in [-0.15, -0.1) is 13.2 Å². The molecule has 0 aliphatic carbocycles. The number of aromatic nitrogens is 2. The molecule has 28 heavy (non-hydrogen) atoms. The summed E-state index contributed by atoms with van der Waals surface area (Å²) in [6.07, 6.45) is 0.945. The molecule has 2 aromatic heterocycles. The van der Waals surface area contributed by atoms with Crippen molar-refractivity contribution in [2.45, 2.75) is 12.5 Å². The van der Waals surface area contributed by atoms with Crippen LogP contribution in [0.1, 0.15) is 11.7 Å². The molecule has 0 radical (unpaired) electrons. The van der Waals surface area contributed by atoms with Crippen molar-refractivity contribution in [3.63, 3.8) is 0 Å². The van der Waals surface area contributed by atoms with E-state index in [-0.39, 0.29) is 5.75 Å². The number of alkyl halides is 3.